The number of carbonyl (C=O) groups is 3. The Morgan fingerprint density at radius 1 is 1.24 bits per heavy atom. The Labute approximate surface area is 123 Å². The molecule has 2 atom stereocenters. The minimum atomic E-state index is -1.15. The Morgan fingerprint density at radius 2 is 1.95 bits per heavy atom. The van der Waals surface area contributed by atoms with Crippen LogP contribution in [0.5, 0.6) is 0 Å². The number of piperidine rings is 1. The molecule has 0 aromatic heterocycles. The van der Waals surface area contributed by atoms with Crippen molar-refractivity contribution in [2.75, 3.05) is 26.7 Å². The van der Waals surface area contributed by atoms with Crippen LogP contribution in [-0.2, 0) is 14.3 Å². The van der Waals surface area contributed by atoms with Crippen LogP contribution in [0.25, 0.3) is 0 Å². The number of methoxy groups -OCH3 is 1. The maximum atomic E-state index is 12.6. The van der Waals surface area contributed by atoms with Gasteiger partial charge in [0.05, 0.1) is 13.0 Å². The number of rotatable bonds is 2. The van der Waals surface area contributed by atoms with Crippen molar-refractivity contribution in [1.82, 2.24) is 9.80 Å². The van der Waals surface area contributed by atoms with Crippen LogP contribution in [0.1, 0.15) is 32.6 Å². The van der Waals surface area contributed by atoms with Crippen molar-refractivity contribution in [3.63, 3.8) is 0 Å². The van der Waals surface area contributed by atoms with E-state index in [4.69, 9.17) is 4.74 Å². The third kappa shape index (κ3) is 2.82. The molecule has 0 aliphatic carbocycles. The summed E-state index contributed by atoms with van der Waals surface area (Å²) >= 11 is 0. The van der Waals surface area contributed by atoms with Crippen LogP contribution in [0.2, 0.25) is 0 Å². The number of carbonyl (C=O) groups excluding carboxylic acids is 2. The normalized spacial score (nSPS) is 29.3. The average molecular weight is 298 g/mol. The molecule has 21 heavy (non-hydrogen) atoms. The van der Waals surface area contributed by atoms with E-state index in [1.165, 1.54) is 12.0 Å². The quantitative estimate of drug-likeness (QED) is 0.766. The van der Waals surface area contributed by atoms with Crippen LogP contribution in [-0.4, -0.2) is 65.2 Å². The van der Waals surface area contributed by atoms with Gasteiger partial charge in [0.15, 0.2) is 0 Å². The predicted molar refractivity (Wildman–Crippen MR) is 73.7 cm³/mol. The van der Waals surface area contributed by atoms with Crippen molar-refractivity contribution in [3.8, 4) is 0 Å². The third-order valence-corrected chi connectivity index (χ3v) is 4.58. The van der Waals surface area contributed by atoms with Gasteiger partial charge in [0.1, 0.15) is 5.54 Å². The Bertz CT molecular complexity index is 453. The van der Waals surface area contributed by atoms with E-state index in [1.54, 1.807) is 11.8 Å². The van der Waals surface area contributed by atoms with E-state index < -0.39 is 11.5 Å². The third-order valence-electron chi connectivity index (χ3n) is 4.58. The SMILES string of the molecule is COC(=O)C1CCN(C(=O)N2CCCCC2(C)C(=O)O)C1. The minimum Gasteiger partial charge on any atom is -0.480 e. The van der Waals surface area contributed by atoms with Crippen LogP contribution in [0.15, 0.2) is 0 Å². The van der Waals surface area contributed by atoms with Crippen molar-refractivity contribution in [3.05, 3.63) is 0 Å². The smallest absolute Gasteiger partial charge is 0.329 e. The molecule has 118 valence electrons. The lowest BCUT2D eigenvalue weighted by molar-refractivity contribution is -0.151. The number of esters is 1. The molecular weight excluding hydrogens is 276 g/mol. The second-order valence-corrected chi connectivity index (χ2v) is 5.93. The lowest BCUT2D eigenvalue weighted by Gasteiger charge is -2.43. The van der Waals surface area contributed by atoms with Crippen molar-refractivity contribution < 1.29 is 24.2 Å². The van der Waals surface area contributed by atoms with E-state index in [-0.39, 0.29) is 17.9 Å². The van der Waals surface area contributed by atoms with Crippen LogP contribution < -0.4 is 0 Å². The van der Waals surface area contributed by atoms with E-state index in [1.807, 2.05) is 0 Å². The monoisotopic (exact) mass is 298 g/mol. The van der Waals surface area contributed by atoms with Crippen molar-refractivity contribution in [1.29, 1.82) is 0 Å². The van der Waals surface area contributed by atoms with Gasteiger partial charge in [0, 0.05) is 19.6 Å². The second-order valence-electron chi connectivity index (χ2n) is 5.93. The first-order chi connectivity index (χ1) is 9.90. The molecule has 0 aromatic carbocycles. The van der Waals surface area contributed by atoms with Crippen molar-refractivity contribution >= 4 is 18.0 Å². The van der Waals surface area contributed by atoms with Gasteiger partial charge in [0.25, 0.3) is 0 Å². The Balaban J connectivity index is 2.09. The molecule has 2 unspecified atom stereocenters. The minimum absolute atomic E-state index is 0.286. The summed E-state index contributed by atoms with van der Waals surface area (Å²) in [5.74, 6) is -1.59. The van der Waals surface area contributed by atoms with E-state index in [0.717, 1.165) is 12.8 Å². The Morgan fingerprint density at radius 3 is 2.57 bits per heavy atom. The first kappa shape index (κ1) is 15.6. The number of hydrogen-bond donors (Lipinski definition) is 1. The van der Waals surface area contributed by atoms with Gasteiger partial charge in [-0.2, -0.15) is 0 Å². The summed E-state index contributed by atoms with van der Waals surface area (Å²) in [5, 5.41) is 9.45. The van der Waals surface area contributed by atoms with Gasteiger partial charge in [-0.3, -0.25) is 4.79 Å². The summed E-state index contributed by atoms with van der Waals surface area (Å²) in [6.07, 6.45) is 2.64. The van der Waals surface area contributed by atoms with Crippen LogP contribution >= 0.6 is 0 Å². The number of hydrogen-bond acceptors (Lipinski definition) is 4. The van der Waals surface area contributed by atoms with Gasteiger partial charge in [-0.05, 0) is 32.6 Å². The largest absolute Gasteiger partial charge is 0.480 e. The molecule has 0 aromatic rings. The summed E-state index contributed by atoms with van der Waals surface area (Å²) in [4.78, 5) is 38.7. The number of carboxylic acid groups (broad SMARTS) is 1. The predicted octanol–water partition coefficient (Wildman–Crippen LogP) is 0.930. The number of amides is 2. The molecule has 0 saturated carbocycles. The zero-order chi connectivity index (χ0) is 15.6. The highest BCUT2D eigenvalue weighted by Crippen LogP contribution is 2.30. The summed E-state index contributed by atoms with van der Waals surface area (Å²) in [5.41, 5.74) is -1.15. The first-order valence-corrected chi connectivity index (χ1v) is 7.28. The number of carboxylic acids is 1. The van der Waals surface area contributed by atoms with Crippen LogP contribution in [0.4, 0.5) is 4.79 Å². The van der Waals surface area contributed by atoms with E-state index >= 15 is 0 Å². The van der Waals surface area contributed by atoms with Gasteiger partial charge >= 0.3 is 18.0 Å². The maximum Gasteiger partial charge on any atom is 0.329 e. The summed E-state index contributed by atoms with van der Waals surface area (Å²) in [7, 11) is 1.33. The number of aliphatic carboxylic acids is 1. The zero-order valence-corrected chi connectivity index (χ0v) is 12.5. The molecule has 1 N–H and O–H groups in total. The molecule has 2 fully saturated rings. The number of urea groups is 1. The summed E-state index contributed by atoms with van der Waals surface area (Å²) < 4.78 is 4.70. The van der Waals surface area contributed by atoms with E-state index in [9.17, 15) is 19.5 Å². The number of likely N-dealkylation sites (tertiary alicyclic amines) is 2. The average Bonchev–Trinajstić information content (AvgIpc) is 2.96. The molecule has 2 saturated heterocycles. The number of nitrogens with zero attached hydrogens (tertiary/aromatic N) is 2. The van der Waals surface area contributed by atoms with E-state index in [0.29, 0.717) is 32.5 Å². The zero-order valence-electron chi connectivity index (χ0n) is 12.5. The van der Waals surface area contributed by atoms with Crippen LogP contribution in [0, 0.1) is 5.92 Å². The molecule has 7 nitrogen and oxygen atoms in total. The van der Waals surface area contributed by atoms with E-state index in [2.05, 4.69) is 0 Å². The van der Waals surface area contributed by atoms with Gasteiger partial charge in [-0.1, -0.05) is 0 Å². The van der Waals surface area contributed by atoms with Crippen molar-refractivity contribution in [2.45, 2.75) is 38.1 Å². The molecular formula is C14H22N2O5. The fourth-order valence-electron chi connectivity index (χ4n) is 3.11. The molecule has 2 heterocycles. The molecule has 2 rings (SSSR count). The standard InChI is InChI=1S/C14H22N2O5/c1-14(12(18)19)6-3-4-7-16(14)13(20)15-8-5-10(9-15)11(17)21-2/h10H,3-9H2,1-2H3,(H,18,19). The fraction of sp³-hybridized carbons (Fsp3) is 0.786. The van der Waals surface area contributed by atoms with Gasteiger partial charge < -0.3 is 19.6 Å². The van der Waals surface area contributed by atoms with Gasteiger partial charge in [-0.25, -0.2) is 9.59 Å². The molecule has 0 bridgehead atoms. The molecule has 7 heteroatoms. The lowest BCUT2D eigenvalue weighted by atomic mass is 9.89. The first-order valence-electron chi connectivity index (χ1n) is 7.28. The highest BCUT2D eigenvalue weighted by Gasteiger charge is 2.46. The lowest BCUT2D eigenvalue weighted by Crippen LogP contribution is -2.60. The number of ether oxygens (including phenoxy) is 1. The summed E-state index contributed by atoms with van der Waals surface area (Å²) in [6.45, 7) is 2.81. The Kier molecular flexibility index (Phi) is 4.39. The second kappa shape index (κ2) is 5.91. The van der Waals surface area contributed by atoms with Gasteiger partial charge in [0.2, 0.25) is 0 Å². The fourth-order valence-corrected chi connectivity index (χ4v) is 3.11. The Hall–Kier alpha value is -1.79. The highest BCUT2D eigenvalue weighted by molar-refractivity contribution is 5.87. The van der Waals surface area contributed by atoms with Gasteiger partial charge in [-0.15, -0.1) is 0 Å². The van der Waals surface area contributed by atoms with Crippen LogP contribution in [0.3, 0.4) is 0 Å². The topological polar surface area (TPSA) is 87.2 Å². The molecule has 2 amide bonds. The molecule has 0 radical (unpaired) electrons. The summed E-state index contributed by atoms with van der Waals surface area (Å²) in [6, 6.07) is -0.286. The molecule has 0 spiro atoms. The molecule has 2 aliphatic heterocycles. The molecule has 2 aliphatic rings. The van der Waals surface area contributed by atoms with Crippen molar-refractivity contribution in [2.24, 2.45) is 5.92 Å². The highest BCUT2D eigenvalue weighted by atomic mass is 16.5. The maximum absolute atomic E-state index is 12.6.